The van der Waals surface area contributed by atoms with Crippen LogP contribution < -0.4 is 0 Å². The summed E-state index contributed by atoms with van der Waals surface area (Å²) >= 11 is 0. The summed E-state index contributed by atoms with van der Waals surface area (Å²) in [5.74, 6) is -2.37. The van der Waals surface area contributed by atoms with Crippen LogP contribution in [-0.2, 0) is 12.8 Å². The van der Waals surface area contributed by atoms with Crippen LogP contribution >= 0.6 is 0 Å². The molecule has 0 atom stereocenters. The number of aromatic carboxylic acids is 2. The molecular weight excluding hydrogens is 400 g/mol. The van der Waals surface area contributed by atoms with Crippen molar-refractivity contribution in [3.8, 4) is 0 Å². The monoisotopic (exact) mass is 438 g/mol. The Morgan fingerprint density at radius 2 is 1.25 bits per heavy atom. The largest absolute Gasteiger partial charge is 0.478 e. The summed E-state index contributed by atoms with van der Waals surface area (Å²) in [5, 5.41) is 19.3. The fraction of sp³-hybridized carbons (Fsp3) is 0.500. The van der Waals surface area contributed by atoms with E-state index >= 15 is 0 Å². The van der Waals surface area contributed by atoms with Crippen LogP contribution in [0, 0.1) is 0 Å². The summed E-state index contributed by atoms with van der Waals surface area (Å²) < 4.78 is 0. The van der Waals surface area contributed by atoms with E-state index in [1.54, 1.807) is 0 Å². The molecule has 0 bridgehead atoms. The Bertz CT molecular complexity index is 842. The van der Waals surface area contributed by atoms with E-state index in [-0.39, 0.29) is 11.1 Å². The molecule has 2 rings (SSSR count). The number of carboxylic acid groups (broad SMARTS) is 2. The fourth-order valence-electron chi connectivity index (χ4n) is 4.33. The maximum atomic E-state index is 12.0. The van der Waals surface area contributed by atoms with Gasteiger partial charge in [-0.25, -0.2) is 9.59 Å². The topological polar surface area (TPSA) is 74.6 Å². The van der Waals surface area contributed by atoms with Crippen molar-refractivity contribution in [2.45, 2.75) is 90.4 Å². The first kappa shape index (κ1) is 25.6. The molecule has 174 valence electrons. The van der Waals surface area contributed by atoms with E-state index in [1.807, 2.05) is 36.4 Å². The highest BCUT2D eigenvalue weighted by atomic mass is 16.4. The summed E-state index contributed by atoms with van der Waals surface area (Å²) in [6, 6.07) is 12.9. The van der Waals surface area contributed by atoms with Crippen LogP contribution in [0.4, 0.5) is 0 Å². The predicted molar refractivity (Wildman–Crippen MR) is 130 cm³/mol. The SMILES string of the molecule is CCCCCCCCCCCCCc1ccc(C(=O)O)c(C(=O)O)c1Cc1ccccc1. The highest BCUT2D eigenvalue weighted by molar-refractivity contribution is 6.03. The van der Waals surface area contributed by atoms with Gasteiger partial charge in [0.1, 0.15) is 0 Å². The maximum Gasteiger partial charge on any atom is 0.336 e. The van der Waals surface area contributed by atoms with Crippen molar-refractivity contribution in [2.24, 2.45) is 0 Å². The summed E-state index contributed by atoms with van der Waals surface area (Å²) in [7, 11) is 0. The molecule has 0 saturated heterocycles. The molecule has 0 aliphatic carbocycles. The average Bonchev–Trinajstić information content (AvgIpc) is 2.78. The molecule has 0 unspecified atom stereocenters. The molecular formula is C28H38O4. The van der Waals surface area contributed by atoms with E-state index in [0.29, 0.717) is 12.0 Å². The highest BCUT2D eigenvalue weighted by Gasteiger charge is 2.22. The van der Waals surface area contributed by atoms with E-state index in [2.05, 4.69) is 6.92 Å². The van der Waals surface area contributed by atoms with Gasteiger partial charge in [-0.15, -0.1) is 0 Å². The van der Waals surface area contributed by atoms with Crippen molar-refractivity contribution in [1.29, 1.82) is 0 Å². The third kappa shape index (κ3) is 8.49. The second kappa shape index (κ2) is 14.4. The van der Waals surface area contributed by atoms with E-state index in [1.165, 1.54) is 63.9 Å². The lowest BCUT2D eigenvalue weighted by Crippen LogP contribution is -2.14. The summed E-state index contributed by atoms with van der Waals surface area (Å²) in [6.45, 7) is 2.24. The first-order valence-corrected chi connectivity index (χ1v) is 12.2. The molecule has 2 N–H and O–H groups in total. The quantitative estimate of drug-likeness (QED) is 0.266. The average molecular weight is 439 g/mol. The smallest absolute Gasteiger partial charge is 0.336 e. The van der Waals surface area contributed by atoms with Crippen LogP contribution in [0.1, 0.15) is 115 Å². The zero-order valence-electron chi connectivity index (χ0n) is 19.4. The van der Waals surface area contributed by atoms with Gasteiger partial charge in [0.05, 0.1) is 11.1 Å². The Hall–Kier alpha value is -2.62. The molecule has 2 aromatic carbocycles. The van der Waals surface area contributed by atoms with Crippen molar-refractivity contribution in [3.05, 3.63) is 70.3 Å². The van der Waals surface area contributed by atoms with Gasteiger partial charge in [0, 0.05) is 0 Å². The van der Waals surface area contributed by atoms with Gasteiger partial charge in [0.2, 0.25) is 0 Å². The summed E-state index contributed by atoms with van der Waals surface area (Å²) in [6.07, 6.45) is 15.1. The van der Waals surface area contributed by atoms with Crippen LogP contribution in [0.15, 0.2) is 42.5 Å². The molecule has 0 radical (unpaired) electrons. The number of benzene rings is 2. The summed E-state index contributed by atoms with van der Waals surface area (Å²) in [4.78, 5) is 23.6. The van der Waals surface area contributed by atoms with Gasteiger partial charge in [-0.05, 0) is 42.0 Å². The van der Waals surface area contributed by atoms with Crippen LogP contribution in [0.25, 0.3) is 0 Å². The standard InChI is InChI=1S/C28H38O4/c1-2-3-4-5-6-7-8-9-10-11-15-18-23-19-20-24(27(29)30)26(28(31)32)25(23)21-22-16-13-12-14-17-22/h12-14,16-17,19-20H,2-11,15,18,21H2,1H3,(H,29,30)(H,31,32). The number of aryl methyl sites for hydroxylation is 1. The molecule has 4 heteroatoms. The van der Waals surface area contributed by atoms with E-state index in [0.717, 1.165) is 30.4 Å². The van der Waals surface area contributed by atoms with Crippen LogP contribution in [-0.4, -0.2) is 22.2 Å². The second-order valence-corrected chi connectivity index (χ2v) is 8.68. The first-order chi connectivity index (χ1) is 15.5. The minimum atomic E-state index is -1.20. The zero-order chi connectivity index (χ0) is 23.2. The van der Waals surface area contributed by atoms with E-state index < -0.39 is 11.9 Å². The Morgan fingerprint density at radius 3 is 1.78 bits per heavy atom. The lowest BCUT2D eigenvalue weighted by molar-refractivity contribution is 0.0650. The lowest BCUT2D eigenvalue weighted by atomic mass is 9.89. The van der Waals surface area contributed by atoms with Crippen molar-refractivity contribution in [1.82, 2.24) is 0 Å². The fourth-order valence-corrected chi connectivity index (χ4v) is 4.33. The summed E-state index contributed by atoms with van der Waals surface area (Å²) in [5.41, 5.74) is 2.37. The Balaban J connectivity index is 1.95. The van der Waals surface area contributed by atoms with Gasteiger partial charge in [0.25, 0.3) is 0 Å². The zero-order valence-corrected chi connectivity index (χ0v) is 19.4. The predicted octanol–water partition coefficient (Wildman–Crippen LogP) is 7.53. The van der Waals surface area contributed by atoms with Gasteiger partial charge in [0.15, 0.2) is 0 Å². The number of hydrogen-bond acceptors (Lipinski definition) is 2. The van der Waals surface area contributed by atoms with Crippen molar-refractivity contribution in [2.75, 3.05) is 0 Å². The van der Waals surface area contributed by atoms with Gasteiger partial charge >= 0.3 is 11.9 Å². The third-order valence-electron chi connectivity index (χ3n) is 6.13. The number of carbonyl (C=O) groups is 2. The Kier molecular flexibility index (Phi) is 11.6. The molecule has 0 aliphatic rings. The maximum absolute atomic E-state index is 12.0. The van der Waals surface area contributed by atoms with Crippen molar-refractivity contribution >= 4 is 11.9 Å². The van der Waals surface area contributed by atoms with Gasteiger partial charge in [-0.2, -0.15) is 0 Å². The number of unbranched alkanes of at least 4 members (excludes halogenated alkanes) is 10. The van der Waals surface area contributed by atoms with Crippen LogP contribution in [0.3, 0.4) is 0 Å². The lowest BCUT2D eigenvalue weighted by Gasteiger charge is -2.15. The van der Waals surface area contributed by atoms with Gasteiger partial charge in [-0.1, -0.05) is 108 Å². The normalized spacial score (nSPS) is 10.9. The minimum Gasteiger partial charge on any atom is -0.478 e. The minimum absolute atomic E-state index is 0.0677. The van der Waals surface area contributed by atoms with Gasteiger partial charge < -0.3 is 10.2 Å². The van der Waals surface area contributed by atoms with E-state index in [4.69, 9.17) is 0 Å². The molecule has 32 heavy (non-hydrogen) atoms. The molecule has 0 fully saturated rings. The molecule has 0 amide bonds. The molecule has 4 nitrogen and oxygen atoms in total. The van der Waals surface area contributed by atoms with Crippen LogP contribution in [0.2, 0.25) is 0 Å². The number of hydrogen-bond donors (Lipinski definition) is 2. The van der Waals surface area contributed by atoms with Crippen molar-refractivity contribution in [3.63, 3.8) is 0 Å². The highest BCUT2D eigenvalue weighted by Crippen LogP contribution is 2.25. The second-order valence-electron chi connectivity index (χ2n) is 8.68. The van der Waals surface area contributed by atoms with Crippen LogP contribution in [0.5, 0.6) is 0 Å². The van der Waals surface area contributed by atoms with Crippen molar-refractivity contribution < 1.29 is 19.8 Å². The molecule has 2 aromatic rings. The number of carboxylic acids is 2. The molecule has 0 aliphatic heterocycles. The van der Waals surface area contributed by atoms with Gasteiger partial charge in [-0.3, -0.25) is 0 Å². The first-order valence-electron chi connectivity index (χ1n) is 12.2. The Labute approximate surface area is 192 Å². The van der Waals surface area contributed by atoms with E-state index in [9.17, 15) is 19.8 Å². The molecule has 0 spiro atoms. The third-order valence-corrected chi connectivity index (χ3v) is 6.13. The molecule has 0 heterocycles. The Morgan fingerprint density at radius 1 is 0.688 bits per heavy atom. The molecule has 0 saturated carbocycles. The molecule has 0 aromatic heterocycles. The number of rotatable bonds is 16.